The molecule has 1 aromatic heterocycles. The zero-order valence-corrected chi connectivity index (χ0v) is 18.3. The molecule has 2 atom stereocenters. The van der Waals surface area contributed by atoms with E-state index in [1.165, 1.54) is 12.0 Å². The van der Waals surface area contributed by atoms with Crippen molar-refractivity contribution in [1.29, 1.82) is 5.41 Å². The van der Waals surface area contributed by atoms with E-state index < -0.39 is 0 Å². The van der Waals surface area contributed by atoms with Gasteiger partial charge in [-0.1, -0.05) is 25.1 Å². The van der Waals surface area contributed by atoms with Crippen molar-refractivity contribution in [3.05, 3.63) is 83.0 Å². The lowest BCUT2D eigenvalue weighted by molar-refractivity contribution is 0.340. The van der Waals surface area contributed by atoms with Crippen molar-refractivity contribution in [1.82, 2.24) is 4.98 Å². The van der Waals surface area contributed by atoms with Crippen molar-refractivity contribution in [3.63, 3.8) is 0 Å². The van der Waals surface area contributed by atoms with Gasteiger partial charge in [0, 0.05) is 36.5 Å². The largest absolute Gasteiger partial charge is 0.487 e. The molecule has 5 rings (SSSR count). The summed E-state index contributed by atoms with van der Waals surface area (Å²) in [6.07, 6.45) is 13.5. The van der Waals surface area contributed by atoms with Crippen molar-refractivity contribution in [3.8, 4) is 5.75 Å². The van der Waals surface area contributed by atoms with E-state index in [1.807, 2.05) is 30.5 Å². The number of anilines is 1. The van der Waals surface area contributed by atoms with Crippen LogP contribution in [-0.2, 0) is 0 Å². The van der Waals surface area contributed by atoms with Gasteiger partial charge in [0.05, 0.1) is 11.7 Å². The number of aromatic nitrogens is 1. The molecule has 2 unspecified atom stereocenters. The van der Waals surface area contributed by atoms with E-state index in [0.29, 0.717) is 37.5 Å². The van der Waals surface area contributed by atoms with Gasteiger partial charge < -0.3 is 15.5 Å². The van der Waals surface area contributed by atoms with Crippen LogP contribution in [0.3, 0.4) is 0 Å². The molecule has 0 bridgehead atoms. The van der Waals surface area contributed by atoms with Gasteiger partial charge in [-0.3, -0.25) is 4.98 Å². The second-order valence-corrected chi connectivity index (χ2v) is 8.90. The molecule has 0 radical (unpaired) electrons. The first-order valence-electron chi connectivity index (χ1n) is 11.4. The fourth-order valence-corrected chi connectivity index (χ4v) is 4.74. The molecule has 2 heterocycles. The number of fused-ring (bicyclic) bond motifs is 1. The Morgan fingerprint density at radius 1 is 1.25 bits per heavy atom. The highest BCUT2D eigenvalue weighted by atomic mass is 19.1. The van der Waals surface area contributed by atoms with Crippen LogP contribution in [0.15, 0.2) is 66.3 Å². The number of nitrogens with one attached hydrogen (secondary N) is 2. The van der Waals surface area contributed by atoms with Gasteiger partial charge in [-0.05, 0) is 71.7 Å². The molecule has 5 heteroatoms. The zero-order chi connectivity index (χ0) is 22.1. The highest BCUT2D eigenvalue weighted by Crippen LogP contribution is 2.42. The van der Waals surface area contributed by atoms with Gasteiger partial charge in [0.15, 0.2) is 0 Å². The summed E-state index contributed by atoms with van der Waals surface area (Å²) in [4.78, 5) is 4.24. The molecule has 0 amide bonds. The summed E-state index contributed by atoms with van der Waals surface area (Å²) < 4.78 is 20.4. The number of rotatable bonds is 5. The average molecular weight is 430 g/mol. The Labute approximate surface area is 188 Å². The minimum Gasteiger partial charge on any atom is -0.487 e. The molecule has 4 nitrogen and oxygen atoms in total. The molecule has 2 aromatic rings. The summed E-state index contributed by atoms with van der Waals surface area (Å²) in [5.41, 5.74) is 6.34. The van der Waals surface area contributed by atoms with Crippen LogP contribution < -0.4 is 10.1 Å². The Bertz CT molecular complexity index is 1130. The highest BCUT2D eigenvalue weighted by Gasteiger charge is 2.28. The number of ether oxygens (including phenoxy) is 1. The molecular formula is C27H28FN3O. The van der Waals surface area contributed by atoms with Crippen LogP contribution in [-0.4, -0.2) is 17.3 Å². The summed E-state index contributed by atoms with van der Waals surface area (Å²) in [5, 5.41) is 12.4. The van der Waals surface area contributed by atoms with E-state index in [1.54, 1.807) is 12.3 Å². The van der Waals surface area contributed by atoms with Crippen LogP contribution in [0.25, 0.3) is 5.57 Å². The first-order chi connectivity index (χ1) is 15.6. The Balaban J connectivity index is 1.53. The van der Waals surface area contributed by atoms with Gasteiger partial charge in [-0.15, -0.1) is 0 Å². The van der Waals surface area contributed by atoms with Crippen LogP contribution in [0.1, 0.15) is 61.8 Å². The average Bonchev–Trinajstić information content (AvgIpc) is 3.22. The van der Waals surface area contributed by atoms with Crippen molar-refractivity contribution in [2.75, 3.05) is 11.9 Å². The van der Waals surface area contributed by atoms with E-state index in [9.17, 15) is 4.39 Å². The zero-order valence-electron chi connectivity index (χ0n) is 18.3. The molecule has 1 aliphatic heterocycles. The maximum Gasteiger partial charge on any atom is 0.144 e. The minimum atomic E-state index is -0.0996. The standard InChI is InChI=1S/C27H28FN3O/c1-17-5-2-7-20(17)16-32-26-13-21(18-6-3-9-22(28)11-18)12-23-24(29)14-25(31-27(23)26)19-8-4-10-30-15-19/h4,6-8,10-13,15,17,25,29,31H,2-3,5,9,14,16H2,1H3. The first kappa shape index (κ1) is 20.7. The predicted molar refractivity (Wildman–Crippen MR) is 127 cm³/mol. The fourth-order valence-electron chi connectivity index (χ4n) is 4.74. The number of nitrogens with zero attached hydrogens (tertiary/aromatic N) is 1. The van der Waals surface area contributed by atoms with Gasteiger partial charge in [0.25, 0.3) is 0 Å². The van der Waals surface area contributed by atoms with Crippen LogP contribution in [0.5, 0.6) is 5.75 Å². The Morgan fingerprint density at radius 2 is 2.16 bits per heavy atom. The molecule has 0 saturated heterocycles. The minimum absolute atomic E-state index is 0.0345. The molecule has 0 fully saturated rings. The van der Waals surface area contributed by atoms with Crippen LogP contribution in [0.4, 0.5) is 10.1 Å². The van der Waals surface area contributed by atoms with E-state index in [4.69, 9.17) is 10.1 Å². The number of allylic oxidation sites excluding steroid dienone is 5. The van der Waals surface area contributed by atoms with E-state index in [-0.39, 0.29) is 11.9 Å². The summed E-state index contributed by atoms with van der Waals surface area (Å²) >= 11 is 0. The fraction of sp³-hybridized carbons (Fsp3) is 0.333. The maximum atomic E-state index is 14.0. The third-order valence-electron chi connectivity index (χ3n) is 6.67. The predicted octanol–water partition coefficient (Wildman–Crippen LogP) is 6.77. The van der Waals surface area contributed by atoms with Crippen LogP contribution in [0.2, 0.25) is 0 Å². The Kier molecular flexibility index (Phi) is 5.64. The van der Waals surface area contributed by atoms with Crippen molar-refractivity contribution >= 4 is 17.0 Å². The van der Waals surface area contributed by atoms with E-state index >= 15 is 0 Å². The highest BCUT2D eigenvalue weighted by molar-refractivity contribution is 6.07. The summed E-state index contributed by atoms with van der Waals surface area (Å²) in [5.74, 6) is 1.15. The van der Waals surface area contributed by atoms with Crippen LogP contribution in [0, 0.1) is 11.3 Å². The smallest absolute Gasteiger partial charge is 0.144 e. The molecule has 2 aliphatic carbocycles. The topological polar surface area (TPSA) is 58.0 Å². The molecule has 0 spiro atoms. The van der Waals surface area contributed by atoms with E-state index in [2.05, 4.69) is 29.4 Å². The lowest BCUT2D eigenvalue weighted by Crippen LogP contribution is -2.24. The number of halogens is 1. The second-order valence-electron chi connectivity index (χ2n) is 8.90. The molecular weight excluding hydrogens is 401 g/mol. The lowest BCUT2D eigenvalue weighted by Gasteiger charge is -2.30. The number of hydrogen-bond donors (Lipinski definition) is 2. The van der Waals surface area contributed by atoms with Gasteiger partial charge in [-0.25, -0.2) is 4.39 Å². The van der Waals surface area contributed by atoms with E-state index in [0.717, 1.165) is 40.1 Å². The molecule has 0 saturated carbocycles. The molecule has 2 N–H and O–H groups in total. The second kappa shape index (κ2) is 8.73. The van der Waals surface area contributed by atoms with Gasteiger partial charge in [0.2, 0.25) is 0 Å². The molecule has 164 valence electrons. The summed E-state index contributed by atoms with van der Waals surface area (Å²) in [6.45, 7) is 2.77. The molecule has 32 heavy (non-hydrogen) atoms. The number of hydrogen-bond acceptors (Lipinski definition) is 4. The summed E-state index contributed by atoms with van der Waals surface area (Å²) in [6, 6.07) is 7.90. The third-order valence-corrected chi connectivity index (χ3v) is 6.67. The SMILES string of the molecule is CC1CCC=C1COc1cc(C2=CCCC(F)=C2)cc2c1NC(c1cccnc1)CC2=N. The third kappa shape index (κ3) is 4.12. The first-order valence-corrected chi connectivity index (χ1v) is 11.4. The van der Waals surface area contributed by atoms with Crippen molar-refractivity contribution in [2.24, 2.45) is 5.92 Å². The monoisotopic (exact) mass is 429 g/mol. The van der Waals surface area contributed by atoms with Crippen molar-refractivity contribution in [2.45, 2.75) is 45.1 Å². The molecule has 3 aliphatic rings. The number of benzene rings is 1. The lowest BCUT2D eigenvalue weighted by atomic mass is 9.89. The van der Waals surface area contributed by atoms with Crippen LogP contribution >= 0.6 is 0 Å². The Morgan fingerprint density at radius 3 is 2.91 bits per heavy atom. The number of pyridine rings is 1. The summed E-state index contributed by atoms with van der Waals surface area (Å²) in [7, 11) is 0. The maximum absolute atomic E-state index is 14.0. The van der Waals surface area contributed by atoms with Gasteiger partial charge in [0.1, 0.15) is 18.2 Å². The Hall–Kier alpha value is -3.21. The van der Waals surface area contributed by atoms with Gasteiger partial charge >= 0.3 is 0 Å². The van der Waals surface area contributed by atoms with Crippen molar-refractivity contribution < 1.29 is 9.13 Å². The molecule has 1 aromatic carbocycles. The quantitative estimate of drug-likeness (QED) is 0.516. The normalized spacial score (nSPS) is 22.4. The van der Waals surface area contributed by atoms with Gasteiger partial charge in [-0.2, -0.15) is 0 Å².